The fourth-order valence-corrected chi connectivity index (χ4v) is 6.11. The van der Waals surface area contributed by atoms with E-state index in [-0.39, 0.29) is 16.1 Å². The van der Waals surface area contributed by atoms with Crippen LogP contribution in [0.2, 0.25) is 0 Å². The molecule has 0 saturated carbocycles. The van der Waals surface area contributed by atoms with E-state index in [1.807, 2.05) is 0 Å². The van der Waals surface area contributed by atoms with Crippen LogP contribution < -0.4 is 10.2 Å². The topological polar surface area (TPSA) is 113 Å². The third kappa shape index (κ3) is 5.07. The average Bonchev–Trinajstić information content (AvgIpc) is 2.86. The van der Waals surface area contributed by atoms with Gasteiger partial charge in [0, 0.05) is 44.0 Å². The Bertz CT molecular complexity index is 1190. The first kappa shape index (κ1) is 24.2. The van der Waals surface area contributed by atoms with Gasteiger partial charge in [0.25, 0.3) is 11.6 Å². The van der Waals surface area contributed by atoms with E-state index in [9.17, 15) is 23.3 Å². The van der Waals surface area contributed by atoms with Crippen LogP contribution in [-0.2, 0) is 10.0 Å². The molecule has 0 aliphatic carbocycles. The Morgan fingerprint density at radius 3 is 2.24 bits per heavy atom. The van der Waals surface area contributed by atoms with Crippen molar-refractivity contribution in [2.45, 2.75) is 50.3 Å². The number of piperidine rings is 2. The standard InChI is InChI=1S/C24H30N4O5S/c1-18-8-10-20(34(32,33)27-14-6-3-7-15-27)17-22(18)25-24(29)21-16-19(28(30)31)9-11-23(21)26-12-4-2-5-13-26/h8-11,16-17H,2-7,12-15H2,1H3,(H,25,29). The molecule has 0 bridgehead atoms. The van der Waals surface area contributed by atoms with Gasteiger partial charge in [0.15, 0.2) is 0 Å². The fourth-order valence-electron chi connectivity index (χ4n) is 4.57. The summed E-state index contributed by atoms with van der Waals surface area (Å²) in [4.78, 5) is 26.4. The lowest BCUT2D eigenvalue weighted by Crippen LogP contribution is -2.35. The van der Waals surface area contributed by atoms with Crippen LogP contribution >= 0.6 is 0 Å². The van der Waals surface area contributed by atoms with Gasteiger partial charge in [-0.2, -0.15) is 4.31 Å². The first-order valence-corrected chi connectivity index (χ1v) is 13.2. The molecule has 2 aromatic rings. The second-order valence-corrected chi connectivity index (χ2v) is 10.8. The van der Waals surface area contributed by atoms with Crippen LogP contribution in [0.3, 0.4) is 0 Å². The molecular formula is C24H30N4O5S. The highest BCUT2D eigenvalue weighted by Crippen LogP contribution is 2.30. The Hall–Kier alpha value is -2.98. The van der Waals surface area contributed by atoms with Crippen LogP contribution in [0, 0.1) is 17.0 Å². The Morgan fingerprint density at radius 2 is 1.59 bits per heavy atom. The molecule has 0 aromatic heterocycles. The maximum atomic E-state index is 13.3. The lowest BCUT2D eigenvalue weighted by atomic mass is 10.1. The Labute approximate surface area is 200 Å². The number of nitrogens with one attached hydrogen (secondary N) is 1. The van der Waals surface area contributed by atoms with Crippen LogP contribution in [0.15, 0.2) is 41.3 Å². The molecule has 9 nitrogen and oxygen atoms in total. The van der Waals surface area contributed by atoms with Crippen molar-refractivity contribution in [3.8, 4) is 0 Å². The SMILES string of the molecule is Cc1ccc(S(=O)(=O)N2CCCCC2)cc1NC(=O)c1cc([N+](=O)[O-])ccc1N1CCCCC1. The van der Waals surface area contributed by atoms with Crippen LogP contribution in [-0.4, -0.2) is 49.7 Å². The minimum atomic E-state index is -3.66. The van der Waals surface area contributed by atoms with Crippen LogP contribution in [0.25, 0.3) is 0 Å². The second kappa shape index (κ2) is 10.1. The van der Waals surface area contributed by atoms with Crippen molar-refractivity contribution in [3.63, 3.8) is 0 Å². The molecular weight excluding hydrogens is 456 g/mol. The number of sulfonamides is 1. The van der Waals surface area contributed by atoms with Crippen molar-refractivity contribution >= 4 is 33.0 Å². The summed E-state index contributed by atoms with van der Waals surface area (Å²) in [5, 5.41) is 14.2. The van der Waals surface area contributed by atoms with E-state index in [4.69, 9.17) is 0 Å². The highest BCUT2D eigenvalue weighted by molar-refractivity contribution is 7.89. The lowest BCUT2D eigenvalue weighted by molar-refractivity contribution is -0.384. The van der Waals surface area contributed by atoms with E-state index in [1.54, 1.807) is 25.1 Å². The number of hydrogen-bond acceptors (Lipinski definition) is 6. The predicted molar refractivity (Wildman–Crippen MR) is 131 cm³/mol. The Kier molecular flexibility index (Phi) is 7.18. The molecule has 0 atom stereocenters. The highest BCUT2D eigenvalue weighted by Gasteiger charge is 2.27. The third-order valence-corrected chi connectivity index (χ3v) is 8.44. The van der Waals surface area contributed by atoms with E-state index in [1.165, 1.54) is 22.5 Å². The van der Waals surface area contributed by atoms with E-state index in [0.717, 1.165) is 51.6 Å². The molecule has 2 aromatic carbocycles. The van der Waals surface area contributed by atoms with Crippen LogP contribution in [0.4, 0.5) is 17.1 Å². The van der Waals surface area contributed by atoms with Gasteiger partial charge in [0.1, 0.15) is 0 Å². The predicted octanol–water partition coefficient (Wildman–Crippen LogP) is 4.32. The summed E-state index contributed by atoms with van der Waals surface area (Å²) in [5.74, 6) is -0.500. The average molecular weight is 487 g/mol. The molecule has 0 unspecified atom stereocenters. The first-order chi connectivity index (χ1) is 16.3. The molecule has 1 amide bonds. The van der Waals surface area contributed by atoms with Crippen molar-refractivity contribution in [2.75, 3.05) is 36.4 Å². The van der Waals surface area contributed by atoms with E-state index >= 15 is 0 Å². The molecule has 2 heterocycles. The van der Waals surface area contributed by atoms with Gasteiger partial charge in [0.05, 0.1) is 21.1 Å². The smallest absolute Gasteiger partial charge is 0.270 e. The molecule has 2 aliphatic heterocycles. The molecule has 2 saturated heterocycles. The van der Waals surface area contributed by atoms with Gasteiger partial charge in [-0.15, -0.1) is 0 Å². The summed E-state index contributed by atoms with van der Waals surface area (Å²) >= 11 is 0. The van der Waals surface area contributed by atoms with Crippen molar-refractivity contribution in [1.29, 1.82) is 0 Å². The lowest BCUT2D eigenvalue weighted by Gasteiger charge is -2.30. The van der Waals surface area contributed by atoms with Crippen LogP contribution in [0.5, 0.6) is 0 Å². The Morgan fingerprint density at radius 1 is 0.941 bits per heavy atom. The number of nitrogens with zero attached hydrogens (tertiary/aromatic N) is 3. The normalized spacial score (nSPS) is 17.4. The Balaban J connectivity index is 1.65. The number of anilines is 2. The molecule has 2 aliphatic rings. The number of aryl methyl sites for hydroxylation is 1. The molecule has 0 radical (unpaired) electrons. The van der Waals surface area contributed by atoms with Gasteiger partial charge in [-0.3, -0.25) is 14.9 Å². The van der Waals surface area contributed by atoms with Gasteiger partial charge in [-0.25, -0.2) is 8.42 Å². The second-order valence-electron chi connectivity index (χ2n) is 8.90. The van der Waals surface area contributed by atoms with Gasteiger partial charge in [-0.1, -0.05) is 12.5 Å². The summed E-state index contributed by atoms with van der Waals surface area (Å²) in [5.41, 5.74) is 1.77. The number of nitro groups is 1. The number of carbonyl (C=O) groups is 1. The third-order valence-electron chi connectivity index (χ3n) is 6.54. The maximum absolute atomic E-state index is 13.3. The zero-order valence-corrected chi connectivity index (χ0v) is 20.1. The maximum Gasteiger partial charge on any atom is 0.270 e. The minimum absolute atomic E-state index is 0.130. The van der Waals surface area contributed by atoms with Gasteiger partial charge in [0.2, 0.25) is 10.0 Å². The fraction of sp³-hybridized carbons (Fsp3) is 0.458. The number of carbonyl (C=O) groups excluding carboxylic acids is 1. The molecule has 1 N–H and O–H groups in total. The number of nitro benzene ring substituents is 1. The van der Waals surface area contributed by atoms with E-state index < -0.39 is 20.9 Å². The van der Waals surface area contributed by atoms with E-state index in [2.05, 4.69) is 10.2 Å². The molecule has 4 rings (SSSR count). The molecule has 2 fully saturated rings. The van der Waals surface area contributed by atoms with Crippen molar-refractivity contribution in [3.05, 3.63) is 57.6 Å². The largest absolute Gasteiger partial charge is 0.371 e. The van der Waals surface area contributed by atoms with Crippen molar-refractivity contribution in [2.24, 2.45) is 0 Å². The monoisotopic (exact) mass is 486 g/mol. The zero-order chi connectivity index (χ0) is 24.3. The van der Waals surface area contributed by atoms with Crippen molar-refractivity contribution in [1.82, 2.24) is 4.31 Å². The summed E-state index contributed by atoms with van der Waals surface area (Å²) in [6.07, 6.45) is 5.79. The number of amides is 1. The summed E-state index contributed by atoms with van der Waals surface area (Å²) < 4.78 is 27.7. The molecule has 34 heavy (non-hydrogen) atoms. The summed E-state index contributed by atoms with van der Waals surface area (Å²) in [7, 11) is -3.66. The van der Waals surface area contributed by atoms with Gasteiger partial charge < -0.3 is 10.2 Å². The summed E-state index contributed by atoms with van der Waals surface area (Å²) in [6.45, 7) is 4.32. The number of rotatable bonds is 6. The molecule has 10 heteroatoms. The van der Waals surface area contributed by atoms with E-state index in [0.29, 0.717) is 30.0 Å². The molecule has 0 spiro atoms. The number of benzene rings is 2. The number of hydrogen-bond donors (Lipinski definition) is 1. The van der Waals surface area contributed by atoms with Gasteiger partial charge in [-0.05, 0) is 62.8 Å². The van der Waals surface area contributed by atoms with Crippen LogP contribution in [0.1, 0.15) is 54.4 Å². The van der Waals surface area contributed by atoms with Gasteiger partial charge >= 0.3 is 0 Å². The van der Waals surface area contributed by atoms with Crippen molar-refractivity contribution < 1.29 is 18.1 Å². The minimum Gasteiger partial charge on any atom is -0.371 e. The number of non-ortho nitro benzene ring substituents is 1. The zero-order valence-electron chi connectivity index (χ0n) is 19.3. The quantitative estimate of drug-likeness (QED) is 0.481. The highest BCUT2D eigenvalue weighted by atomic mass is 32.2. The first-order valence-electron chi connectivity index (χ1n) is 11.7. The molecule has 182 valence electrons. The summed E-state index contributed by atoms with van der Waals surface area (Å²) in [6, 6.07) is 9.05.